The Balaban J connectivity index is 1.80. The van der Waals surface area contributed by atoms with Gasteiger partial charge in [-0.1, -0.05) is 36.4 Å². The fraction of sp³-hybridized carbons (Fsp3) is 0.294. The van der Waals surface area contributed by atoms with Crippen LogP contribution >= 0.6 is 0 Å². The zero-order valence-electron chi connectivity index (χ0n) is 11.3. The van der Waals surface area contributed by atoms with E-state index in [1.165, 1.54) is 5.56 Å². The van der Waals surface area contributed by atoms with E-state index in [-0.39, 0.29) is 11.5 Å². The Bertz CT molecular complexity index is 583. The Morgan fingerprint density at radius 3 is 2.50 bits per heavy atom. The highest BCUT2D eigenvalue weighted by molar-refractivity contribution is 5.42. The zero-order valence-corrected chi connectivity index (χ0v) is 11.3. The summed E-state index contributed by atoms with van der Waals surface area (Å²) in [6.45, 7) is 1.91. The van der Waals surface area contributed by atoms with Gasteiger partial charge in [-0.2, -0.15) is 0 Å². The summed E-state index contributed by atoms with van der Waals surface area (Å²) in [5.41, 5.74) is 2.43. The minimum absolute atomic E-state index is 0.0344. The Labute approximate surface area is 118 Å². The monoisotopic (exact) mass is 269 g/mol. The van der Waals surface area contributed by atoms with Crippen molar-refractivity contribution in [2.45, 2.75) is 12.3 Å². The van der Waals surface area contributed by atoms with Crippen LogP contribution in [0.1, 0.15) is 17.0 Å². The number of benzene rings is 2. The van der Waals surface area contributed by atoms with E-state index < -0.39 is 0 Å². The summed E-state index contributed by atoms with van der Waals surface area (Å²) in [5, 5.41) is 22.5. The molecule has 1 fully saturated rings. The van der Waals surface area contributed by atoms with E-state index in [1.807, 2.05) is 12.1 Å². The van der Waals surface area contributed by atoms with Crippen LogP contribution in [-0.2, 0) is 6.42 Å². The van der Waals surface area contributed by atoms with Gasteiger partial charge in [0, 0.05) is 12.5 Å². The Kier molecular flexibility index (Phi) is 3.61. The van der Waals surface area contributed by atoms with Gasteiger partial charge in [-0.15, -0.1) is 0 Å². The van der Waals surface area contributed by atoms with Crippen LogP contribution in [0.25, 0.3) is 0 Å². The Morgan fingerprint density at radius 1 is 0.950 bits per heavy atom. The van der Waals surface area contributed by atoms with E-state index in [9.17, 15) is 10.2 Å². The summed E-state index contributed by atoms with van der Waals surface area (Å²) in [5.74, 6) is 0.801. The summed E-state index contributed by atoms with van der Waals surface area (Å²) in [7, 11) is 0. The molecule has 0 saturated carbocycles. The standard InChI is InChI=1S/C17H19NO2/c19-16-7-6-13(9-17(16)20)15-11-18-10-14(15)8-12-4-2-1-3-5-12/h1-7,9,14-15,18-20H,8,10-11H2/t14-,15-/m1/s1. The molecule has 3 N–H and O–H groups in total. The van der Waals surface area contributed by atoms with Crippen molar-refractivity contribution in [3.8, 4) is 11.5 Å². The van der Waals surface area contributed by atoms with Crippen molar-refractivity contribution in [2.24, 2.45) is 5.92 Å². The van der Waals surface area contributed by atoms with Gasteiger partial charge in [-0.3, -0.25) is 0 Å². The maximum Gasteiger partial charge on any atom is 0.157 e. The second-order valence-corrected chi connectivity index (χ2v) is 5.46. The van der Waals surface area contributed by atoms with E-state index in [1.54, 1.807) is 12.1 Å². The highest BCUT2D eigenvalue weighted by Crippen LogP contribution is 2.35. The second kappa shape index (κ2) is 5.55. The number of aromatic hydroxyl groups is 2. The highest BCUT2D eigenvalue weighted by Gasteiger charge is 2.28. The molecule has 0 amide bonds. The Morgan fingerprint density at radius 2 is 1.75 bits per heavy atom. The lowest BCUT2D eigenvalue weighted by Crippen LogP contribution is -2.13. The average Bonchev–Trinajstić information content (AvgIpc) is 2.91. The molecule has 104 valence electrons. The molecule has 0 bridgehead atoms. The van der Waals surface area contributed by atoms with Crippen molar-refractivity contribution >= 4 is 0 Å². The molecule has 0 spiro atoms. The van der Waals surface area contributed by atoms with Gasteiger partial charge in [-0.05, 0) is 42.1 Å². The molecular weight excluding hydrogens is 250 g/mol. The summed E-state index contributed by atoms with van der Waals surface area (Å²) in [6, 6.07) is 15.6. The number of hydrogen-bond acceptors (Lipinski definition) is 3. The molecule has 2 aromatic carbocycles. The first-order valence-corrected chi connectivity index (χ1v) is 7.00. The maximum absolute atomic E-state index is 9.67. The molecule has 3 nitrogen and oxygen atoms in total. The molecule has 0 aliphatic carbocycles. The van der Waals surface area contributed by atoms with E-state index in [0.717, 1.165) is 25.1 Å². The molecule has 1 heterocycles. The number of hydrogen-bond donors (Lipinski definition) is 3. The van der Waals surface area contributed by atoms with E-state index in [2.05, 4.69) is 29.6 Å². The third-order valence-corrected chi connectivity index (χ3v) is 4.11. The minimum Gasteiger partial charge on any atom is -0.504 e. The summed E-state index contributed by atoms with van der Waals surface area (Å²) >= 11 is 0. The van der Waals surface area contributed by atoms with Crippen molar-refractivity contribution < 1.29 is 10.2 Å². The largest absolute Gasteiger partial charge is 0.504 e. The molecule has 1 aliphatic rings. The van der Waals surface area contributed by atoms with Crippen LogP contribution in [0, 0.1) is 5.92 Å². The van der Waals surface area contributed by atoms with Crippen LogP contribution in [0.5, 0.6) is 11.5 Å². The lowest BCUT2D eigenvalue weighted by Gasteiger charge is -2.19. The lowest BCUT2D eigenvalue weighted by atomic mass is 9.84. The maximum atomic E-state index is 9.67. The predicted molar refractivity (Wildman–Crippen MR) is 79.0 cm³/mol. The normalized spacial score (nSPS) is 22.0. The first-order valence-electron chi connectivity index (χ1n) is 7.00. The topological polar surface area (TPSA) is 52.5 Å². The van der Waals surface area contributed by atoms with Crippen molar-refractivity contribution in [3.63, 3.8) is 0 Å². The zero-order chi connectivity index (χ0) is 13.9. The molecule has 0 aromatic heterocycles. The van der Waals surface area contributed by atoms with Crippen molar-refractivity contribution in [1.82, 2.24) is 5.32 Å². The van der Waals surface area contributed by atoms with E-state index in [4.69, 9.17) is 0 Å². The first kappa shape index (κ1) is 13.0. The average molecular weight is 269 g/mol. The highest BCUT2D eigenvalue weighted by atomic mass is 16.3. The molecule has 1 aliphatic heterocycles. The van der Waals surface area contributed by atoms with Gasteiger partial charge in [-0.25, -0.2) is 0 Å². The van der Waals surface area contributed by atoms with Crippen LogP contribution in [-0.4, -0.2) is 23.3 Å². The minimum atomic E-state index is -0.0562. The van der Waals surface area contributed by atoms with E-state index in [0.29, 0.717) is 11.8 Å². The van der Waals surface area contributed by atoms with Crippen molar-refractivity contribution in [3.05, 3.63) is 59.7 Å². The molecular formula is C17H19NO2. The molecule has 0 radical (unpaired) electrons. The quantitative estimate of drug-likeness (QED) is 0.751. The summed E-state index contributed by atoms with van der Waals surface area (Å²) in [4.78, 5) is 0. The van der Waals surface area contributed by atoms with Crippen LogP contribution in [0.2, 0.25) is 0 Å². The first-order chi connectivity index (χ1) is 9.74. The third-order valence-electron chi connectivity index (χ3n) is 4.11. The van der Waals surface area contributed by atoms with Gasteiger partial charge in [0.1, 0.15) is 0 Å². The fourth-order valence-electron chi connectivity index (χ4n) is 3.03. The van der Waals surface area contributed by atoms with Gasteiger partial charge in [0.15, 0.2) is 11.5 Å². The SMILES string of the molecule is Oc1ccc([C@H]2CNC[C@H]2Cc2ccccc2)cc1O. The predicted octanol–water partition coefficient (Wildman–Crippen LogP) is 2.64. The molecule has 0 unspecified atom stereocenters. The van der Waals surface area contributed by atoms with Gasteiger partial charge < -0.3 is 15.5 Å². The molecule has 3 heteroatoms. The van der Waals surface area contributed by atoms with Gasteiger partial charge in [0.05, 0.1) is 0 Å². The van der Waals surface area contributed by atoms with Crippen LogP contribution in [0.3, 0.4) is 0 Å². The molecule has 1 saturated heterocycles. The summed E-state index contributed by atoms with van der Waals surface area (Å²) in [6.07, 6.45) is 1.03. The number of nitrogens with one attached hydrogen (secondary N) is 1. The van der Waals surface area contributed by atoms with Crippen LogP contribution in [0.15, 0.2) is 48.5 Å². The Hall–Kier alpha value is -2.00. The molecule has 20 heavy (non-hydrogen) atoms. The second-order valence-electron chi connectivity index (χ2n) is 5.46. The van der Waals surface area contributed by atoms with Gasteiger partial charge in [0.25, 0.3) is 0 Å². The van der Waals surface area contributed by atoms with Crippen LogP contribution < -0.4 is 5.32 Å². The van der Waals surface area contributed by atoms with Gasteiger partial charge in [0.2, 0.25) is 0 Å². The molecule has 2 atom stereocenters. The summed E-state index contributed by atoms with van der Waals surface area (Å²) < 4.78 is 0. The third kappa shape index (κ3) is 2.63. The number of rotatable bonds is 3. The van der Waals surface area contributed by atoms with Crippen molar-refractivity contribution in [2.75, 3.05) is 13.1 Å². The van der Waals surface area contributed by atoms with Crippen LogP contribution in [0.4, 0.5) is 0 Å². The van der Waals surface area contributed by atoms with E-state index >= 15 is 0 Å². The molecule has 2 aromatic rings. The lowest BCUT2D eigenvalue weighted by molar-refractivity contribution is 0.401. The number of phenols is 2. The molecule has 3 rings (SSSR count). The van der Waals surface area contributed by atoms with Gasteiger partial charge >= 0.3 is 0 Å². The van der Waals surface area contributed by atoms with Crippen molar-refractivity contribution in [1.29, 1.82) is 0 Å². The fourth-order valence-corrected chi connectivity index (χ4v) is 3.03. The smallest absolute Gasteiger partial charge is 0.157 e. The number of phenolic OH excluding ortho intramolecular Hbond substituents is 2.